The zero-order chi connectivity index (χ0) is 19.0. The summed E-state index contributed by atoms with van der Waals surface area (Å²) in [6.45, 7) is 7.25. The fraction of sp³-hybridized carbons (Fsp3) is 0.556. The second-order valence-corrected chi connectivity index (χ2v) is 7.50. The molecule has 9 nitrogen and oxygen atoms in total. The van der Waals surface area contributed by atoms with Crippen LogP contribution >= 0.6 is 0 Å². The molecule has 3 aromatic heterocycles. The summed E-state index contributed by atoms with van der Waals surface area (Å²) in [6.07, 6.45) is 3.46. The maximum atomic E-state index is 10.6. The van der Waals surface area contributed by atoms with Crippen LogP contribution in [0.25, 0.3) is 0 Å². The van der Waals surface area contributed by atoms with Crippen molar-refractivity contribution in [3.63, 3.8) is 0 Å². The molecule has 0 radical (unpaired) electrons. The average molecular weight is 371 g/mol. The van der Waals surface area contributed by atoms with E-state index in [1.54, 1.807) is 10.8 Å². The van der Waals surface area contributed by atoms with Crippen LogP contribution in [0, 0.1) is 5.92 Å². The molecule has 0 aliphatic carbocycles. The van der Waals surface area contributed by atoms with Gasteiger partial charge < -0.3 is 14.2 Å². The fourth-order valence-corrected chi connectivity index (χ4v) is 3.37. The van der Waals surface area contributed by atoms with Crippen LogP contribution in [-0.4, -0.2) is 46.0 Å². The van der Waals surface area contributed by atoms with E-state index in [1.165, 1.54) is 0 Å². The molecule has 1 aliphatic heterocycles. The molecule has 1 aliphatic rings. The van der Waals surface area contributed by atoms with Gasteiger partial charge in [0.05, 0.1) is 24.5 Å². The molecule has 0 saturated carbocycles. The first-order valence-electron chi connectivity index (χ1n) is 9.25. The van der Waals surface area contributed by atoms with Crippen molar-refractivity contribution in [1.82, 2.24) is 34.4 Å². The predicted octanol–water partition coefficient (Wildman–Crippen LogP) is 1.30. The van der Waals surface area contributed by atoms with E-state index in [4.69, 9.17) is 4.52 Å². The molecule has 0 bridgehead atoms. The Morgan fingerprint density at radius 1 is 1.30 bits per heavy atom. The monoisotopic (exact) mass is 371 g/mol. The molecule has 4 heterocycles. The number of rotatable bonds is 6. The molecule has 0 amide bonds. The molecule has 1 unspecified atom stereocenters. The largest absolute Gasteiger partial charge is 0.379 e. The minimum Gasteiger partial charge on any atom is -0.379 e. The van der Waals surface area contributed by atoms with Crippen molar-refractivity contribution in [2.24, 2.45) is 13.0 Å². The van der Waals surface area contributed by atoms with E-state index in [9.17, 15) is 5.11 Å². The highest BCUT2D eigenvalue weighted by Gasteiger charge is 2.24. The van der Waals surface area contributed by atoms with E-state index in [0.29, 0.717) is 35.7 Å². The van der Waals surface area contributed by atoms with Crippen molar-refractivity contribution in [2.45, 2.75) is 46.0 Å². The Morgan fingerprint density at radius 2 is 2.15 bits per heavy atom. The van der Waals surface area contributed by atoms with Crippen LogP contribution in [0.15, 0.2) is 23.0 Å². The van der Waals surface area contributed by atoms with E-state index in [2.05, 4.69) is 39.0 Å². The lowest BCUT2D eigenvalue weighted by Crippen LogP contribution is -2.33. The van der Waals surface area contributed by atoms with Crippen molar-refractivity contribution in [3.05, 3.63) is 47.4 Å². The molecule has 3 aromatic rings. The van der Waals surface area contributed by atoms with Crippen LogP contribution in [0.4, 0.5) is 0 Å². The Balaban J connectivity index is 1.43. The number of aromatic nitrogens is 6. The molecular weight excluding hydrogens is 346 g/mol. The first-order valence-corrected chi connectivity index (χ1v) is 9.25. The third-order valence-electron chi connectivity index (χ3n) is 4.74. The quantitative estimate of drug-likeness (QED) is 0.697. The molecule has 1 atom stereocenters. The summed E-state index contributed by atoms with van der Waals surface area (Å²) in [4.78, 5) is 11.0. The number of aliphatic hydroxyl groups is 1. The molecule has 144 valence electrons. The van der Waals surface area contributed by atoms with Gasteiger partial charge in [0.2, 0.25) is 5.89 Å². The third kappa shape index (κ3) is 3.79. The Bertz CT molecular complexity index is 911. The molecule has 27 heavy (non-hydrogen) atoms. The van der Waals surface area contributed by atoms with Crippen LogP contribution in [0.5, 0.6) is 0 Å². The Labute approximate surface area is 157 Å². The summed E-state index contributed by atoms with van der Waals surface area (Å²) in [7, 11) is 1.86. The summed E-state index contributed by atoms with van der Waals surface area (Å²) in [5.41, 5.74) is 1.69. The third-order valence-corrected chi connectivity index (χ3v) is 4.74. The highest BCUT2D eigenvalue weighted by atomic mass is 16.5. The van der Waals surface area contributed by atoms with E-state index < -0.39 is 6.10 Å². The predicted molar refractivity (Wildman–Crippen MR) is 96.5 cm³/mol. The van der Waals surface area contributed by atoms with Gasteiger partial charge in [-0.1, -0.05) is 19.0 Å². The lowest BCUT2D eigenvalue weighted by atomic mass is 10.1. The number of hydrogen-bond donors (Lipinski definition) is 1. The first kappa shape index (κ1) is 17.9. The van der Waals surface area contributed by atoms with Gasteiger partial charge in [-0.05, 0) is 12.0 Å². The van der Waals surface area contributed by atoms with Crippen molar-refractivity contribution < 1.29 is 9.63 Å². The van der Waals surface area contributed by atoms with Gasteiger partial charge in [-0.15, -0.1) is 0 Å². The van der Waals surface area contributed by atoms with E-state index in [1.807, 2.05) is 24.0 Å². The van der Waals surface area contributed by atoms with Crippen molar-refractivity contribution >= 4 is 0 Å². The van der Waals surface area contributed by atoms with Crippen LogP contribution < -0.4 is 0 Å². The lowest BCUT2D eigenvalue weighted by Gasteiger charge is -2.26. The van der Waals surface area contributed by atoms with Gasteiger partial charge in [0.15, 0.2) is 11.9 Å². The summed E-state index contributed by atoms with van der Waals surface area (Å²) in [5, 5.41) is 19.2. The zero-order valence-electron chi connectivity index (χ0n) is 15.9. The average Bonchev–Trinajstić information content (AvgIpc) is 3.33. The SMILES string of the molecule is CC(C)Cc1nc(CN2CCn3nc(C(O)c4nccn4C)cc3C2)no1. The van der Waals surface area contributed by atoms with Gasteiger partial charge in [0.1, 0.15) is 5.82 Å². The number of imidazole rings is 1. The van der Waals surface area contributed by atoms with Crippen LogP contribution in [0.2, 0.25) is 0 Å². The summed E-state index contributed by atoms with van der Waals surface area (Å²) in [6, 6.07) is 1.95. The van der Waals surface area contributed by atoms with E-state index in [-0.39, 0.29) is 0 Å². The number of nitrogens with zero attached hydrogens (tertiary/aromatic N) is 7. The van der Waals surface area contributed by atoms with Gasteiger partial charge in [-0.25, -0.2) is 4.98 Å². The molecule has 0 fully saturated rings. The molecular formula is C18H25N7O2. The Morgan fingerprint density at radius 3 is 2.89 bits per heavy atom. The highest BCUT2D eigenvalue weighted by Crippen LogP contribution is 2.23. The molecule has 4 rings (SSSR count). The van der Waals surface area contributed by atoms with Crippen LogP contribution in [-0.2, 0) is 33.1 Å². The van der Waals surface area contributed by atoms with E-state index in [0.717, 1.165) is 31.7 Å². The molecule has 0 aromatic carbocycles. The minimum atomic E-state index is -0.827. The maximum absolute atomic E-state index is 10.6. The van der Waals surface area contributed by atoms with Gasteiger partial charge in [-0.2, -0.15) is 10.1 Å². The normalized spacial score (nSPS) is 16.0. The van der Waals surface area contributed by atoms with E-state index >= 15 is 0 Å². The summed E-state index contributed by atoms with van der Waals surface area (Å²) in [5.74, 6) is 2.49. The van der Waals surface area contributed by atoms with Crippen LogP contribution in [0.3, 0.4) is 0 Å². The lowest BCUT2D eigenvalue weighted by molar-refractivity contribution is 0.191. The topological polar surface area (TPSA) is 98.0 Å². The second-order valence-electron chi connectivity index (χ2n) is 7.50. The second kappa shape index (κ2) is 7.24. The van der Waals surface area contributed by atoms with Crippen LogP contribution in [0.1, 0.15) is 48.9 Å². The summed E-state index contributed by atoms with van der Waals surface area (Å²) >= 11 is 0. The van der Waals surface area contributed by atoms with Gasteiger partial charge in [0, 0.05) is 39.0 Å². The zero-order valence-corrected chi connectivity index (χ0v) is 15.9. The number of fused-ring (bicyclic) bond motifs is 1. The maximum Gasteiger partial charge on any atom is 0.226 e. The Kier molecular flexibility index (Phi) is 4.79. The van der Waals surface area contributed by atoms with Crippen molar-refractivity contribution in [2.75, 3.05) is 6.54 Å². The standard InChI is InChI=1S/C18H25N7O2/c1-12(2)8-16-20-15(22-27-16)11-24-6-7-25-13(10-24)9-14(21-25)17(26)18-19-4-5-23(18)3/h4-5,9,12,17,26H,6-8,10-11H2,1-3H3. The smallest absolute Gasteiger partial charge is 0.226 e. The number of hydrogen-bond acceptors (Lipinski definition) is 7. The first-order chi connectivity index (χ1) is 13.0. The van der Waals surface area contributed by atoms with Crippen molar-refractivity contribution in [3.8, 4) is 0 Å². The van der Waals surface area contributed by atoms with Gasteiger partial charge in [-0.3, -0.25) is 9.58 Å². The molecule has 9 heteroatoms. The highest BCUT2D eigenvalue weighted by molar-refractivity contribution is 5.19. The molecule has 1 N–H and O–H groups in total. The fourth-order valence-electron chi connectivity index (χ4n) is 3.37. The Hall–Kier alpha value is -2.52. The minimum absolute atomic E-state index is 0.492. The summed E-state index contributed by atoms with van der Waals surface area (Å²) < 4.78 is 9.09. The number of aliphatic hydroxyl groups excluding tert-OH is 1. The van der Waals surface area contributed by atoms with Crippen molar-refractivity contribution in [1.29, 1.82) is 0 Å². The van der Waals surface area contributed by atoms with Gasteiger partial charge >= 0.3 is 0 Å². The number of aryl methyl sites for hydroxylation is 1. The molecule has 0 spiro atoms. The molecule has 0 saturated heterocycles. The van der Waals surface area contributed by atoms with Gasteiger partial charge in [0.25, 0.3) is 0 Å².